The topological polar surface area (TPSA) is 61.4 Å². The van der Waals surface area contributed by atoms with Gasteiger partial charge in [-0.1, -0.05) is 60.7 Å². The van der Waals surface area contributed by atoms with E-state index in [9.17, 15) is 9.90 Å². The van der Waals surface area contributed by atoms with Crippen molar-refractivity contribution in [2.75, 3.05) is 13.1 Å². The summed E-state index contributed by atoms with van der Waals surface area (Å²) in [5.41, 5.74) is 2.24. The molecular formula is C18H22N2O2. The van der Waals surface area contributed by atoms with Crippen molar-refractivity contribution in [3.05, 3.63) is 71.8 Å². The summed E-state index contributed by atoms with van der Waals surface area (Å²) in [7, 11) is 0. The number of carbonyl (C=O) groups excluding carboxylic acids is 1. The summed E-state index contributed by atoms with van der Waals surface area (Å²) in [6.45, 7) is 0.816. The van der Waals surface area contributed by atoms with Crippen molar-refractivity contribution in [2.45, 2.75) is 18.9 Å². The van der Waals surface area contributed by atoms with Crippen molar-refractivity contribution in [3.63, 3.8) is 0 Å². The van der Waals surface area contributed by atoms with Gasteiger partial charge in [-0.05, 0) is 17.5 Å². The second-order valence-corrected chi connectivity index (χ2v) is 5.22. The molecule has 0 radical (unpaired) electrons. The molecule has 0 heterocycles. The fourth-order valence-corrected chi connectivity index (χ4v) is 2.20. The highest BCUT2D eigenvalue weighted by molar-refractivity contribution is 5.73. The van der Waals surface area contributed by atoms with Crippen LogP contribution in [-0.4, -0.2) is 30.3 Å². The quantitative estimate of drug-likeness (QED) is 0.733. The lowest BCUT2D eigenvalue weighted by atomic mass is 10.1. The van der Waals surface area contributed by atoms with Crippen LogP contribution in [-0.2, 0) is 12.8 Å². The fourth-order valence-electron chi connectivity index (χ4n) is 2.20. The average molecular weight is 298 g/mol. The van der Waals surface area contributed by atoms with Crippen LogP contribution in [0.1, 0.15) is 11.1 Å². The highest BCUT2D eigenvalue weighted by Crippen LogP contribution is 2.02. The lowest BCUT2D eigenvalue weighted by Crippen LogP contribution is -2.41. The van der Waals surface area contributed by atoms with E-state index >= 15 is 0 Å². The lowest BCUT2D eigenvalue weighted by molar-refractivity contribution is 0.170. The third-order valence-corrected chi connectivity index (χ3v) is 3.35. The van der Waals surface area contributed by atoms with Crippen molar-refractivity contribution in [2.24, 2.45) is 0 Å². The molecule has 116 valence electrons. The molecule has 0 fully saturated rings. The Morgan fingerprint density at radius 3 is 2.14 bits per heavy atom. The van der Waals surface area contributed by atoms with Crippen molar-refractivity contribution in [3.8, 4) is 0 Å². The first-order valence-electron chi connectivity index (χ1n) is 7.51. The van der Waals surface area contributed by atoms with Gasteiger partial charge in [0.15, 0.2) is 0 Å². The van der Waals surface area contributed by atoms with E-state index in [-0.39, 0.29) is 12.6 Å². The minimum Gasteiger partial charge on any atom is -0.391 e. The number of rotatable bonds is 7. The third kappa shape index (κ3) is 5.97. The molecule has 0 saturated carbocycles. The van der Waals surface area contributed by atoms with Gasteiger partial charge in [0, 0.05) is 19.5 Å². The number of hydrogen-bond donors (Lipinski definition) is 3. The van der Waals surface area contributed by atoms with E-state index in [2.05, 4.69) is 10.6 Å². The molecular weight excluding hydrogens is 276 g/mol. The molecule has 0 saturated heterocycles. The largest absolute Gasteiger partial charge is 0.391 e. The molecule has 22 heavy (non-hydrogen) atoms. The number of urea groups is 1. The molecule has 4 heteroatoms. The second kappa shape index (κ2) is 8.85. The fraction of sp³-hybridized carbons (Fsp3) is 0.278. The minimum absolute atomic E-state index is 0.242. The number of aliphatic hydroxyl groups excluding tert-OH is 1. The molecule has 4 nitrogen and oxygen atoms in total. The number of nitrogens with one attached hydrogen (secondary N) is 2. The first-order valence-corrected chi connectivity index (χ1v) is 7.51. The first-order chi connectivity index (χ1) is 10.7. The zero-order valence-corrected chi connectivity index (χ0v) is 12.5. The van der Waals surface area contributed by atoms with Gasteiger partial charge in [-0.25, -0.2) is 4.79 Å². The summed E-state index contributed by atoms with van der Waals surface area (Å²) in [6.07, 6.45) is 0.744. The molecule has 2 aromatic carbocycles. The molecule has 0 spiro atoms. The summed E-state index contributed by atoms with van der Waals surface area (Å²) in [5, 5.41) is 15.4. The van der Waals surface area contributed by atoms with E-state index in [0.29, 0.717) is 13.0 Å². The molecule has 0 aromatic heterocycles. The Morgan fingerprint density at radius 1 is 0.909 bits per heavy atom. The van der Waals surface area contributed by atoms with Crippen molar-refractivity contribution >= 4 is 6.03 Å². The van der Waals surface area contributed by atoms with Crippen molar-refractivity contribution in [1.82, 2.24) is 10.6 Å². The van der Waals surface area contributed by atoms with E-state index in [1.165, 1.54) is 5.56 Å². The van der Waals surface area contributed by atoms with Gasteiger partial charge in [-0.15, -0.1) is 0 Å². The van der Waals surface area contributed by atoms with Gasteiger partial charge in [-0.3, -0.25) is 0 Å². The van der Waals surface area contributed by atoms with Crippen LogP contribution in [0.4, 0.5) is 4.79 Å². The maximum atomic E-state index is 11.7. The van der Waals surface area contributed by atoms with Crippen LogP contribution >= 0.6 is 0 Å². The molecule has 3 N–H and O–H groups in total. The Labute approximate surface area is 131 Å². The van der Waals surface area contributed by atoms with Crippen LogP contribution in [0.15, 0.2) is 60.7 Å². The lowest BCUT2D eigenvalue weighted by Gasteiger charge is -2.12. The van der Waals surface area contributed by atoms with Crippen molar-refractivity contribution < 1.29 is 9.90 Å². The third-order valence-electron chi connectivity index (χ3n) is 3.35. The molecule has 0 aliphatic carbocycles. The van der Waals surface area contributed by atoms with Gasteiger partial charge in [-0.2, -0.15) is 0 Å². The predicted octanol–water partition coefficient (Wildman–Crippen LogP) is 2.13. The Bertz CT molecular complexity index is 558. The molecule has 1 atom stereocenters. The highest BCUT2D eigenvalue weighted by Gasteiger charge is 2.07. The smallest absolute Gasteiger partial charge is 0.314 e. The molecule has 1 unspecified atom stereocenters. The summed E-state index contributed by atoms with van der Waals surface area (Å²) in [6, 6.07) is 19.5. The van der Waals surface area contributed by atoms with Gasteiger partial charge >= 0.3 is 6.03 Å². The average Bonchev–Trinajstić information content (AvgIpc) is 2.55. The standard InChI is InChI=1S/C18H22N2O2/c21-17(13-16-9-5-2-6-10-16)14-20-18(22)19-12-11-15-7-3-1-4-8-15/h1-10,17,21H,11-14H2,(H2,19,20,22). The molecule has 0 aliphatic rings. The SMILES string of the molecule is O=C(NCCc1ccccc1)NCC(O)Cc1ccccc1. The normalized spacial score (nSPS) is 11.7. The molecule has 0 bridgehead atoms. The number of carbonyl (C=O) groups is 1. The van der Waals surface area contributed by atoms with Gasteiger partial charge < -0.3 is 15.7 Å². The van der Waals surface area contributed by atoms with Crippen molar-refractivity contribution in [1.29, 1.82) is 0 Å². The number of benzene rings is 2. The molecule has 2 amide bonds. The van der Waals surface area contributed by atoms with Crippen LogP contribution in [0.25, 0.3) is 0 Å². The Hall–Kier alpha value is -2.33. The summed E-state index contributed by atoms with van der Waals surface area (Å²) >= 11 is 0. The zero-order valence-electron chi connectivity index (χ0n) is 12.5. The van der Waals surface area contributed by atoms with E-state index in [1.54, 1.807) is 0 Å². The van der Waals surface area contributed by atoms with E-state index in [4.69, 9.17) is 0 Å². The maximum absolute atomic E-state index is 11.7. The summed E-state index contributed by atoms with van der Waals surface area (Å²) < 4.78 is 0. The Kier molecular flexibility index (Phi) is 6.45. The van der Waals surface area contributed by atoms with Crippen LogP contribution in [0.3, 0.4) is 0 Å². The van der Waals surface area contributed by atoms with Gasteiger partial charge in [0.1, 0.15) is 0 Å². The van der Waals surface area contributed by atoms with Crippen LogP contribution in [0.5, 0.6) is 0 Å². The minimum atomic E-state index is -0.581. The zero-order chi connectivity index (χ0) is 15.6. The van der Waals surface area contributed by atoms with Crippen LogP contribution in [0, 0.1) is 0 Å². The van der Waals surface area contributed by atoms with Crippen LogP contribution < -0.4 is 10.6 Å². The molecule has 0 aliphatic heterocycles. The first kappa shape index (κ1) is 16.0. The Morgan fingerprint density at radius 2 is 1.50 bits per heavy atom. The van der Waals surface area contributed by atoms with E-state index in [1.807, 2.05) is 60.7 Å². The van der Waals surface area contributed by atoms with Gasteiger partial charge in [0.2, 0.25) is 0 Å². The van der Waals surface area contributed by atoms with Gasteiger partial charge in [0.25, 0.3) is 0 Å². The second-order valence-electron chi connectivity index (χ2n) is 5.22. The molecule has 2 aromatic rings. The van der Waals surface area contributed by atoms with E-state index in [0.717, 1.165) is 12.0 Å². The number of hydrogen-bond acceptors (Lipinski definition) is 2. The van der Waals surface area contributed by atoms with Crippen LogP contribution in [0.2, 0.25) is 0 Å². The summed E-state index contributed by atoms with van der Waals surface area (Å²) in [4.78, 5) is 11.7. The number of aliphatic hydroxyl groups is 1. The molecule has 2 rings (SSSR count). The Balaban J connectivity index is 1.61. The predicted molar refractivity (Wildman–Crippen MR) is 87.7 cm³/mol. The summed E-state index contributed by atoms with van der Waals surface area (Å²) in [5.74, 6) is 0. The van der Waals surface area contributed by atoms with Gasteiger partial charge in [0.05, 0.1) is 6.10 Å². The monoisotopic (exact) mass is 298 g/mol. The number of amides is 2. The maximum Gasteiger partial charge on any atom is 0.314 e. The van der Waals surface area contributed by atoms with E-state index < -0.39 is 6.10 Å². The highest BCUT2D eigenvalue weighted by atomic mass is 16.3.